The van der Waals surface area contributed by atoms with Crippen molar-refractivity contribution in [2.45, 2.75) is 58.5 Å². The van der Waals surface area contributed by atoms with E-state index >= 15 is 4.39 Å². The van der Waals surface area contributed by atoms with Gasteiger partial charge in [0.1, 0.15) is 5.82 Å². The summed E-state index contributed by atoms with van der Waals surface area (Å²) in [6, 6.07) is 2.85. The average molecular weight is 570 g/mol. The van der Waals surface area contributed by atoms with E-state index in [1.54, 1.807) is 17.3 Å². The Balaban J connectivity index is 1.67. The van der Waals surface area contributed by atoms with Crippen molar-refractivity contribution in [1.82, 2.24) is 39.4 Å². The SMILES string of the molecule is C=CC(=O)N1C[C@H](C)N(c2nc(=O)n3c4nc(c(F)cc24)-n2nncc2C/C=C\Cc2ccnc(C(C)C)c2-3)C[C@H]1C. The molecular weight excluding hydrogens is 537 g/mol. The lowest BCUT2D eigenvalue weighted by Crippen LogP contribution is -2.58. The van der Waals surface area contributed by atoms with Gasteiger partial charge in [-0.05, 0) is 50.0 Å². The molecule has 0 radical (unpaired) electrons. The van der Waals surface area contributed by atoms with Crippen LogP contribution in [0.5, 0.6) is 0 Å². The van der Waals surface area contributed by atoms with Crippen LogP contribution >= 0.6 is 0 Å². The molecule has 6 heterocycles. The zero-order chi connectivity index (χ0) is 29.7. The average Bonchev–Trinajstić information content (AvgIpc) is 3.43. The van der Waals surface area contributed by atoms with Crippen LogP contribution in [0.3, 0.4) is 0 Å². The molecule has 0 saturated carbocycles. The Morgan fingerprint density at radius 1 is 1.12 bits per heavy atom. The largest absolute Gasteiger partial charge is 0.355 e. The summed E-state index contributed by atoms with van der Waals surface area (Å²) in [7, 11) is 0. The maximum Gasteiger partial charge on any atom is 0.355 e. The molecule has 12 heteroatoms. The Morgan fingerprint density at radius 3 is 2.67 bits per heavy atom. The lowest BCUT2D eigenvalue weighted by Gasteiger charge is -2.44. The second kappa shape index (κ2) is 10.6. The molecule has 1 saturated heterocycles. The number of nitrogens with zero attached hydrogens (tertiary/aromatic N) is 9. The first-order valence-corrected chi connectivity index (χ1v) is 14.1. The monoisotopic (exact) mass is 569 g/mol. The summed E-state index contributed by atoms with van der Waals surface area (Å²) in [4.78, 5) is 44.3. The van der Waals surface area contributed by atoms with E-state index in [0.717, 1.165) is 5.56 Å². The fourth-order valence-corrected chi connectivity index (χ4v) is 5.86. The quantitative estimate of drug-likeness (QED) is 0.273. The molecule has 0 unspecified atom stereocenters. The zero-order valence-electron chi connectivity index (χ0n) is 24.0. The fraction of sp³-hybridized carbons (Fsp3) is 0.367. The number of halogens is 1. The minimum Gasteiger partial charge on any atom is -0.349 e. The van der Waals surface area contributed by atoms with Crippen molar-refractivity contribution in [3.8, 4) is 11.5 Å². The van der Waals surface area contributed by atoms with Gasteiger partial charge in [-0.2, -0.15) is 9.67 Å². The summed E-state index contributed by atoms with van der Waals surface area (Å²) in [6.45, 7) is 12.3. The summed E-state index contributed by atoms with van der Waals surface area (Å²) in [5.41, 5.74) is 2.53. The van der Waals surface area contributed by atoms with Crippen LogP contribution in [0.2, 0.25) is 0 Å². The van der Waals surface area contributed by atoms with Crippen LogP contribution in [-0.4, -0.2) is 70.5 Å². The molecule has 1 amide bonds. The highest BCUT2D eigenvalue weighted by atomic mass is 19.1. The van der Waals surface area contributed by atoms with Gasteiger partial charge >= 0.3 is 5.69 Å². The fourth-order valence-electron chi connectivity index (χ4n) is 5.86. The number of fused-ring (bicyclic) bond motifs is 5. The van der Waals surface area contributed by atoms with Crippen molar-refractivity contribution in [2.75, 3.05) is 18.0 Å². The number of piperazine rings is 1. The van der Waals surface area contributed by atoms with Gasteiger partial charge in [0.15, 0.2) is 17.3 Å². The maximum absolute atomic E-state index is 16.0. The van der Waals surface area contributed by atoms with Crippen molar-refractivity contribution in [1.29, 1.82) is 0 Å². The number of pyridine rings is 2. The second-order valence-corrected chi connectivity index (χ2v) is 11.1. The molecule has 0 aliphatic carbocycles. The second-order valence-electron chi connectivity index (χ2n) is 11.1. The van der Waals surface area contributed by atoms with Crippen LogP contribution in [0.4, 0.5) is 10.2 Å². The summed E-state index contributed by atoms with van der Waals surface area (Å²) < 4.78 is 18.8. The Labute approximate surface area is 242 Å². The van der Waals surface area contributed by atoms with E-state index in [1.165, 1.54) is 21.4 Å². The van der Waals surface area contributed by atoms with Gasteiger partial charge in [0, 0.05) is 37.8 Å². The highest BCUT2D eigenvalue weighted by Gasteiger charge is 2.34. The van der Waals surface area contributed by atoms with Crippen molar-refractivity contribution >= 4 is 22.8 Å². The summed E-state index contributed by atoms with van der Waals surface area (Å²) in [5.74, 6) is -0.550. The molecule has 11 nitrogen and oxygen atoms in total. The number of rotatable bonds is 3. The van der Waals surface area contributed by atoms with Crippen molar-refractivity contribution in [3.05, 3.63) is 82.6 Å². The van der Waals surface area contributed by atoms with E-state index in [2.05, 4.69) is 26.9 Å². The van der Waals surface area contributed by atoms with Crippen LogP contribution in [0.15, 0.2) is 54.1 Å². The topological polar surface area (TPSA) is 115 Å². The standard InChI is InChI=1S/C30H32FN9O2/c1-6-24(41)37-15-19(5)38(16-18(37)4)27-22-13-23(31)29-34-28(22)39(30(42)35-27)26-20(11-12-32-25(26)17(2)3)9-7-8-10-21-14-33-36-40(21)29/h6-8,11-14,17-19H,1,9-10,15-16H2,2-5H3/b8-7-/t18-,19+/m1/s1. The lowest BCUT2D eigenvalue weighted by atomic mass is 10.0. The number of allylic oxidation sites excluding steroid dienone is 2. The molecule has 4 aromatic rings. The molecule has 2 atom stereocenters. The van der Waals surface area contributed by atoms with E-state index in [0.29, 0.717) is 54.2 Å². The molecule has 2 bridgehead atoms. The minimum absolute atomic E-state index is 0.0170. The van der Waals surface area contributed by atoms with Crippen LogP contribution in [0.25, 0.3) is 22.5 Å². The summed E-state index contributed by atoms with van der Waals surface area (Å²) in [6.07, 6.45) is 9.61. The molecule has 1 fully saturated rings. The first-order valence-electron chi connectivity index (χ1n) is 14.1. The van der Waals surface area contributed by atoms with E-state index in [-0.39, 0.29) is 35.4 Å². The Hall–Kier alpha value is -4.74. The molecule has 42 heavy (non-hydrogen) atoms. The van der Waals surface area contributed by atoms with Crippen molar-refractivity contribution in [3.63, 3.8) is 0 Å². The molecule has 0 N–H and O–H groups in total. The van der Waals surface area contributed by atoms with Crippen LogP contribution in [-0.2, 0) is 17.6 Å². The first-order chi connectivity index (χ1) is 20.2. The van der Waals surface area contributed by atoms with Gasteiger partial charge in [0.2, 0.25) is 5.91 Å². The molecule has 2 aliphatic rings. The third-order valence-corrected chi connectivity index (χ3v) is 7.96. The molecule has 0 aromatic carbocycles. The molecule has 2 aliphatic heterocycles. The first kappa shape index (κ1) is 27.4. The number of anilines is 1. The van der Waals surface area contributed by atoms with Gasteiger partial charge in [-0.15, -0.1) is 5.10 Å². The normalized spacial score (nSPS) is 19.3. The predicted molar refractivity (Wildman–Crippen MR) is 157 cm³/mol. The van der Waals surface area contributed by atoms with E-state index < -0.39 is 11.5 Å². The highest BCUT2D eigenvalue weighted by Crippen LogP contribution is 2.33. The third-order valence-electron chi connectivity index (χ3n) is 7.96. The van der Waals surface area contributed by atoms with Gasteiger partial charge in [-0.1, -0.05) is 37.8 Å². The van der Waals surface area contributed by atoms with Crippen LogP contribution in [0.1, 0.15) is 50.6 Å². The number of carbonyl (C=O) groups excluding carboxylic acids is 1. The number of amides is 1. The number of aromatic nitrogens is 7. The minimum atomic E-state index is -0.625. The van der Waals surface area contributed by atoms with Gasteiger partial charge in [0.05, 0.1) is 28.7 Å². The smallest absolute Gasteiger partial charge is 0.349 e. The third kappa shape index (κ3) is 4.47. The van der Waals surface area contributed by atoms with Gasteiger partial charge < -0.3 is 9.80 Å². The Kier molecular flexibility index (Phi) is 6.91. The molecule has 216 valence electrons. The van der Waals surface area contributed by atoms with Crippen molar-refractivity contribution in [2.24, 2.45) is 0 Å². The molecule has 4 aromatic heterocycles. The molecular formula is C30H32FN9O2. The lowest BCUT2D eigenvalue weighted by molar-refractivity contribution is -0.128. The summed E-state index contributed by atoms with van der Waals surface area (Å²) in [5, 5.41) is 8.49. The van der Waals surface area contributed by atoms with Gasteiger partial charge in [-0.25, -0.2) is 18.7 Å². The van der Waals surface area contributed by atoms with Gasteiger partial charge in [-0.3, -0.25) is 9.78 Å². The highest BCUT2D eigenvalue weighted by molar-refractivity contribution is 5.90. The Bertz CT molecular complexity index is 1810. The van der Waals surface area contributed by atoms with E-state index in [9.17, 15) is 9.59 Å². The maximum atomic E-state index is 16.0. The van der Waals surface area contributed by atoms with Crippen LogP contribution in [0, 0.1) is 5.82 Å². The number of carbonyl (C=O) groups is 1. The Morgan fingerprint density at radius 2 is 1.90 bits per heavy atom. The molecule has 6 rings (SSSR count). The summed E-state index contributed by atoms with van der Waals surface area (Å²) >= 11 is 0. The predicted octanol–water partition coefficient (Wildman–Crippen LogP) is 3.29. The van der Waals surface area contributed by atoms with E-state index in [1.807, 2.05) is 50.8 Å². The molecule has 0 spiro atoms. The van der Waals surface area contributed by atoms with Crippen molar-refractivity contribution < 1.29 is 9.18 Å². The van der Waals surface area contributed by atoms with Gasteiger partial charge in [0.25, 0.3) is 0 Å². The number of hydrogen-bond acceptors (Lipinski definition) is 8. The van der Waals surface area contributed by atoms with E-state index in [4.69, 9.17) is 4.98 Å². The van der Waals surface area contributed by atoms with Crippen LogP contribution < -0.4 is 10.6 Å². The number of hydrogen-bond donors (Lipinski definition) is 0. The zero-order valence-corrected chi connectivity index (χ0v) is 24.0.